The summed E-state index contributed by atoms with van der Waals surface area (Å²) in [7, 11) is 0. The van der Waals surface area contributed by atoms with E-state index < -0.39 is 10.8 Å². The Kier molecular flexibility index (Phi) is 6.78. The summed E-state index contributed by atoms with van der Waals surface area (Å²) in [6, 6.07) is 15.9. The maximum atomic E-state index is 12.6. The molecule has 34 heavy (non-hydrogen) atoms. The van der Waals surface area contributed by atoms with Crippen LogP contribution in [0.4, 0.5) is 11.5 Å². The second-order valence-electron chi connectivity index (χ2n) is 7.75. The molecule has 2 aromatic carbocycles. The van der Waals surface area contributed by atoms with Crippen molar-refractivity contribution in [3.8, 4) is 5.75 Å². The number of halogens is 1. The lowest BCUT2D eigenvalue weighted by Crippen LogP contribution is -2.12. The minimum atomic E-state index is -0.501. The average Bonchev–Trinajstić information content (AvgIpc) is 3.41. The van der Waals surface area contributed by atoms with Crippen LogP contribution in [0.5, 0.6) is 5.75 Å². The number of nitrogens with one attached hydrogen (secondary N) is 1. The van der Waals surface area contributed by atoms with Crippen molar-refractivity contribution >= 4 is 33.3 Å². The van der Waals surface area contributed by atoms with Gasteiger partial charge >= 0.3 is 5.69 Å². The number of hydrogen-bond donors (Lipinski definition) is 1. The number of nitro benzene ring substituents is 1. The van der Waals surface area contributed by atoms with Gasteiger partial charge in [-0.25, -0.2) is 0 Å². The van der Waals surface area contributed by atoms with E-state index in [9.17, 15) is 14.9 Å². The van der Waals surface area contributed by atoms with Crippen molar-refractivity contribution in [2.75, 3.05) is 5.32 Å². The van der Waals surface area contributed by atoms with Crippen molar-refractivity contribution in [3.05, 3.63) is 104 Å². The Morgan fingerprint density at radius 3 is 2.62 bits per heavy atom. The lowest BCUT2D eigenvalue weighted by Gasteiger charge is -2.06. The van der Waals surface area contributed by atoms with Crippen LogP contribution in [0.1, 0.15) is 33.0 Å². The van der Waals surface area contributed by atoms with Gasteiger partial charge in [0, 0.05) is 12.3 Å². The van der Waals surface area contributed by atoms with Gasteiger partial charge in [-0.3, -0.25) is 19.6 Å². The van der Waals surface area contributed by atoms with E-state index in [1.165, 1.54) is 23.8 Å². The van der Waals surface area contributed by atoms with Crippen molar-refractivity contribution in [2.45, 2.75) is 27.0 Å². The molecule has 0 aliphatic rings. The Bertz CT molecular complexity index is 1340. The van der Waals surface area contributed by atoms with Crippen LogP contribution in [0.25, 0.3) is 0 Å². The summed E-state index contributed by atoms with van der Waals surface area (Å²) in [6.45, 7) is 4.28. The smallest absolute Gasteiger partial charge is 0.311 e. The highest BCUT2D eigenvalue weighted by atomic mass is 79.9. The van der Waals surface area contributed by atoms with Crippen LogP contribution in [0, 0.1) is 24.0 Å². The van der Waals surface area contributed by atoms with Gasteiger partial charge in [0.1, 0.15) is 12.4 Å². The molecule has 1 amide bonds. The molecule has 0 radical (unpaired) electrons. The van der Waals surface area contributed by atoms with Crippen LogP contribution >= 0.6 is 15.9 Å². The highest BCUT2D eigenvalue weighted by Gasteiger charge is 2.18. The maximum absolute atomic E-state index is 12.6. The van der Waals surface area contributed by atoms with E-state index >= 15 is 0 Å². The minimum Gasteiger partial charge on any atom is -0.479 e. The number of ether oxygens (including phenoxy) is 1. The van der Waals surface area contributed by atoms with Crippen LogP contribution in [-0.2, 0) is 13.2 Å². The highest BCUT2D eigenvalue weighted by Crippen LogP contribution is 2.29. The normalized spacial score (nSPS) is 10.8. The summed E-state index contributed by atoms with van der Waals surface area (Å²) in [5.74, 6) is 0.428. The van der Waals surface area contributed by atoms with Gasteiger partial charge in [-0.15, -0.1) is 0 Å². The maximum Gasteiger partial charge on any atom is 0.311 e. The third-order valence-corrected chi connectivity index (χ3v) is 5.56. The van der Waals surface area contributed by atoms with Gasteiger partial charge in [-0.1, -0.05) is 35.9 Å². The number of rotatable bonds is 8. The zero-order valence-electron chi connectivity index (χ0n) is 18.4. The van der Waals surface area contributed by atoms with E-state index in [1.54, 1.807) is 29.9 Å². The summed E-state index contributed by atoms with van der Waals surface area (Å²) in [5, 5.41) is 18.4. The molecule has 0 saturated heterocycles. The predicted octanol–water partition coefficient (Wildman–Crippen LogP) is 5.64. The average molecular weight is 525 g/mol. The fourth-order valence-corrected chi connectivity index (χ4v) is 3.65. The summed E-state index contributed by atoms with van der Waals surface area (Å²) < 4.78 is 13.5. The molecule has 2 heterocycles. The number of amides is 1. The van der Waals surface area contributed by atoms with Crippen LogP contribution in [0.3, 0.4) is 0 Å². The fourth-order valence-electron chi connectivity index (χ4n) is 3.23. The van der Waals surface area contributed by atoms with Gasteiger partial charge in [0.25, 0.3) is 5.91 Å². The monoisotopic (exact) mass is 524 g/mol. The second kappa shape index (κ2) is 9.92. The molecule has 0 spiro atoms. The molecule has 0 saturated carbocycles. The number of anilines is 1. The Balaban J connectivity index is 1.39. The lowest BCUT2D eigenvalue weighted by molar-refractivity contribution is -0.386. The van der Waals surface area contributed by atoms with Crippen LogP contribution < -0.4 is 10.1 Å². The highest BCUT2D eigenvalue weighted by molar-refractivity contribution is 9.10. The molecule has 9 nitrogen and oxygen atoms in total. The zero-order chi connectivity index (χ0) is 24.2. The summed E-state index contributed by atoms with van der Waals surface area (Å²) in [6.07, 6.45) is 1.78. The number of benzene rings is 2. The molecule has 0 atom stereocenters. The molecule has 0 aliphatic heterocycles. The molecule has 2 aromatic heterocycles. The Morgan fingerprint density at radius 2 is 1.88 bits per heavy atom. The zero-order valence-corrected chi connectivity index (χ0v) is 20.0. The van der Waals surface area contributed by atoms with E-state index in [0.717, 1.165) is 11.1 Å². The first-order valence-electron chi connectivity index (χ1n) is 10.3. The third-order valence-electron chi connectivity index (χ3n) is 4.98. The Labute approximate surface area is 203 Å². The standard InChI is InChI=1S/C24H21BrN4O5/c1-15-3-6-17(7-4-15)12-28-13-19(25)23(27-28)26-24(30)22-10-8-18(34-22)14-33-21-9-5-16(2)11-20(21)29(31)32/h3-11,13H,12,14H2,1-2H3,(H,26,27,30). The predicted molar refractivity (Wildman–Crippen MR) is 129 cm³/mol. The molecule has 0 unspecified atom stereocenters. The lowest BCUT2D eigenvalue weighted by atomic mass is 10.1. The first-order valence-corrected chi connectivity index (χ1v) is 11.1. The molecule has 1 N–H and O–H groups in total. The van der Waals surface area contributed by atoms with Crippen molar-refractivity contribution in [2.24, 2.45) is 0 Å². The molecule has 174 valence electrons. The quantitative estimate of drug-likeness (QED) is 0.235. The molecule has 10 heteroatoms. The topological polar surface area (TPSA) is 112 Å². The first kappa shape index (κ1) is 23.2. The summed E-state index contributed by atoms with van der Waals surface area (Å²) in [4.78, 5) is 23.4. The first-order chi connectivity index (χ1) is 16.3. The van der Waals surface area contributed by atoms with Gasteiger partial charge in [0.2, 0.25) is 0 Å². The van der Waals surface area contributed by atoms with Gasteiger partial charge < -0.3 is 14.5 Å². The second-order valence-corrected chi connectivity index (χ2v) is 8.60. The van der Waals surface area contributed by atoms with E-state index in [-0.39, 0.29) is 23.8 Å². The van der Waals surface area contributed by atoms with Gasteiger partial charge in [0.15, 0.2) is 17.3 Å². The Morgan fingerprint density at radius 1 is 1.15 bits per heavy atom. The number of furan rings is 1. The van der Waals surface area contributed by atoms with Gasteiger partial charge in [0.05, 0.1) is 15.9 Å². The molecule has 4 aromatic rings. The van der Waals surface area contributed by atoms with E-state index in [4.69, 9.17) is 9.15 Å². The SMILES string of the molecule is Cc1ccc(Cn2cc(Br)c(NC(=O)c3ccc(COc4ccc(C)cc4[N+](=O)[O-])o3)n2)cc1. The third kappa shape index (κ3) is 5.52. The molecule has 0 bridgehead atoms. The fraction of sp³-hybridized carbons (Fsp3) is 0.167. The number of aromatic nitrogens is 2. The van der Waals surface area contributed by atoms with Gasteiger partial charge in [-0.05, 0) is 59.1 Å². The number of hydrogen-bond acceptors (Lipinski definition) is 6. The van der Waals surface area contributed by atoms with Crippen LogP contribution in [-0.4, -0.2) is 20.6 Å². The number of carbonyl (C=O) groups excluding carboxylic acids is 1. The molecular weight excluding hydrogens is 504 g/mol. The minimum absolute atomic E-state index is 0.0634. The van der Waals surface area contributed by atoms with Crippen molar-refractivity contribution in [3.63, 3.8) is 0 Å². The molecule has 0 fully saturated rings. The number of carbonyl (C=O) groups is 1. The molecular formula is C24H21BrN4O5. The number of nitrogens with zero attached hydrogens (tertiary/aromatic N) is 3. The number of nitro groups is 1. The van der Waals surface area contributed by atoms with Crippen molar-refractivity contribution in [1.29, 1.82) is 0 Å². The number of aryl methyl sites for hydroxylation is 2. The molecule has 0 aliphatic carbocycles. The van der Waals surface area contributed by atoms with Crippen LogP contribution in [0.2, 0.25) is 0 Å². The van der Waals surface area contributed by atoms with Crippen LogP contribution in [0.15, 0.2) is 69.7 Å². The summed E-state index contributed by atoms with van der Waals surface area (Å²) >= 11 is 3.42. The van der Waals surface area contributed by atoms with Crippen molar-refractivity contribution in [1.82, 2.24) is 9.78 Å². The summed E-state index contributed by atoms with van der Waals surface area (Å²) in [5.41, 5.74) is 2.89. The van der Waals surface area contributed by atoms with E-state index in [1.807, 2.05) is 31.2 Å². The Hall–Kier alpha value is -3.92. The largest absolute Gasteiger partial charge is 0.479 e. The van der Waals surface area contributed by atoms with E-state index in [0.29, 0.717) is 22.6 Å². The van der Waals surface area contributed by atoms with Crippen molar-refractivity contribution < 1.29 is 18.9 Å². The molecule has 4 rings (SSSR count). The van der Waals surface area contributed by atoms with Gasteiger partial charge in [-0.2, -0.15) is 5.10 Å². The van der Waals surface area contributed by atoms with E-state index in [2.05, 4.69) is 26.3 Å².